The van der Waals surface area contributed by atoms with Crippen molar-refractivity contribution in [2.75, 3.05) is 47.1 Å². The molecule has 1 unspecified atom stereocenters. The summed E-state index contributed by atoms with van der Waals surface area (Å²) in [5.41, 5.74) is 0. The maximum absolute atomic E-state index is 11.3. The van der Waals surface area contributed by atoms with Crippen LogP contribution in [0.25, 0.3) is 0 Å². The molecule has 6 nitrogen and oxygen atoms in total. The average molecular weight is 274 g/mol. The highest BCUT2D eigenvalue weighted by molar-refractivity contribution is 5.73. The van der Waals surface area contributed by atoms with Gasteiger partial charge in [-0.2, -0.15) is 0 Å². The third kappa shape index (κ3) is 7.47. The molecule has 1 atom stereocenters. The summed E-state index contributed by atoms with van der Waals surface area (Å²) in [5.74, 6) is -0.777. The lowest BCUT2D eigenvalue weighted by Crippen LogP contribution is -2.48. The van der Waals surface area contributed by atoms with Crippen LogP contribution in [0.3, 0.4) is 0 Å². The number of carboxylic acid groups (broad SMARTS) is 1. The number of ether oxygens (including phenoxy) is 2. The minimum atomic E-state index is -0.777. The first-order valence-corrected chi connectivity index (χ1v) is 6.86. The van der Waals surface area contributed by atoms with Crippen molar-refractivity contribution < 1.29 is 19.4 Å². The smallest absolute Gasteiger partial charge is 0.322 e. The maximum Gasteiger partial charge on any atom is 0.322 e. The second-order valence-corrected chi connectivity index (χ2v) is 4.97. The lowest BCUT2D eigenvalue weighted by Gasteiger charge is -2.26. The van der Waals surface area contributed by atoms with Crippen molar-refractivity contribution in [2.24, 2.45) is 0 Å². The maximum atomic E-state index is 11.3. The van der Waals surface area contributed by atoms with Gasteiger partial charge in [-0.1, -0.05) is 0 Å². The standard InChI is InChI=1S/C13H26N2O4/c1-18-8-3-6-15(7-9-19-2)10-12(13(16)17)14-11-4-5-11/h11-12,14H,3-10H2,1-2H3,(H,16,17). The van der Waals surface area contributed by atoms with Crippen molar-refractivity contribution in [1.82, 2.24) is 10.2 Å². The lowest BCUT2D eigenvalue weighted by molar-refractivity contribution is -0.140. The quantitative estimate of drug-likeness (QED) is 0.495. The van der Waals surface area contributed by atoms with E-state index < -0.39 is 12.0 Å². The Kier molecular flexibility index (Phi) is 7.97. The van der Waals surface area contributed by atoms with Gasteiger partial charge in [-0.3, -0.25) is 9.69 Å². The molecule has 0 aromatic heterocycles. The summed E-state index contributed by atoms with van der Waals surface area (Å²) >= 11 is 0. The predicted molar refractivity (Wildman–Crippen MR) is 72.4 cm³/mol. The van der Waals surface area contributed by atoms with E-state index in [0.717, 1.165) is 32.4 Å². The molecular weight excluding hydrogens is 248 g/mol. The molecular formula is C13H26N2O4. The van der Waals surface area contributed by atoms with E-state index in [9.17, 15) is 9.90 Å². The molecule has 0 amide bonds. The number of carbonyl (C=O) groups is 1. The zero-order chi connectivity index (χ0) is 14.1. The summed E-state index contributed by atoms with van der Waals surface area (Å²) in [4.78, 5) is 13.4. The predicted octanol–water partition coefficient (Wildman–Crippen LogP) is 0.177. The van der Waals surface area contributed by atoms with Gasteiger partial charge in [0.2, 0.25) is 0 Å². The van der Waals surface area contributed by atoms with Crippen LogP contribution in [-0.4, -0.2) is 75.1 Å². The Morgan fingerprint density at radius 1 is 1.32 bits per heavy atom. The van der Waals surface area contributed by atoms with Crippen LogP contribution in [0.4, 0.5) is 0 Å². The summed E-state index contributed by atoms with van der Waals surface area (Å²) in [6.45, 7) is 3.39. The van der Waals surface area contributed by atoms with Gasteiger partial charge >= 0.3 is 5.97 Å². The van der Waals surface area contributed by atoms with E-state index >= 15 is 0 Å². The van der Waals surface area contributed by atoms with Crippen molar-refractivity contribution >= 4 is 5.97 Å². The third-order valence-electron chi connectivity index (χ3n) is 3.19. The Balaban J connectivity index is 2.38. The summed E-state index contributed by atoms with van der Waals surface area (Å²) in [6, 6.07) is -0.101. The zero-order valence-electron chi connectivity index (χ0n) is 11.9. The van der Waals surface area contributed by atoms with Crippen LogP contribution in [0.15, 0.2) is 0 Å². The largest absolute Gasteiger partial charge is 0.480 e. The van der Waals surface area contributed by atoms with E-state index in [-0.39, 0.29) is 0 Å². The molecule has 2 N–H and O–H groups in total. The molecule has 0 radical (unpaired) electrons. The number of nitrogens with zero attached hydrogens (tertiary/aromatic N) is 1. The molecule has 0 aliphatic heterocycles. The van der Waals surface area contributed by atoms with Gasteiger partial charge in [-0.05, 0) is 19.3 Å². The van der Waals surface area contributed by atoms with Crippen LogP contribution < -0.4 is 5.32 Å². The number of nitrogens with one attached hydrogen (secondary N) is 1. The zero-order valence-corrected chi connectivity index (χ0v) is 11.9. The van der Waals surface area contributed by atoms with Crippen LogP contribution in [-0.2, 0) is 14.3 Å². The second-order valence-electron chi connectivity index (χ2n) is 4.97. The highest BCUT2D eigenvalue weighted by atomic mass is 16.5. The fourth-order valence-corrected chi connectivity index (χ4v) is 1.94. The van der Waals surface area contributed by atoms with Gasteiger partial charge < -0.3 is 19.9 Å². The number of aliphatic carboxylic acids is 1. The van der Waals surface area contributed by atoms with E-state index in [0.29, 0.717) is 25.8 Å². The lowest BCUT2D eigenvalue weighted by atomic mass is 10.2. The molecule has 1 aliphatic rings. The minimum Gasteiger partial charge on any atom is -0.480 e. The van der Waals surface area contributed by atoms with E-state index in [2.05, 4.69) is 10.2 Å². The van der Waals surface area contributed by atoms with Crippen LogP contribution in [0, 0.1) is 0 Å². The van der Waals surface area contributed by atoms with Gasteiger partial charge in [0.25, 0.3) is 0 Å². The highest BCUT2D eigenvalue weighted by Crippen LogP contribution is 2.19. The minimum absolute atomic E-state index is 0.393. The van der Waals surface area contributed by atoms with Crippen LogP contribution in [0.2, 0.25) is 0 Å². The molecule has 19 heavy (non-hydrogen) atoms. The molecule has 0 aromatic rings. The molecule has 1 fully saturated rings. The summed E-state index contributed by atoms with van der Waals surface area (Å²) in [5, 5.41) is 12.4. The monoisotopic (exact) mass is 274 g/mol. The molecule has 1 rings (SSSR count). The van der Waals surface area contributed by atoms with E-state index in [1.807, 2.05) is 0 Å². The highest BCUT2D eigenvalue weighted by Gasteiger charge is 2.29. The van der Waals surface area contributed by atoms with Crippen molar-refractivity contribution in [3.05, 3.63) is 0 Å². The number of hydrogen-bond acceptors (Lipinski definition) is 5. The molecule has 0 heterocycles. The van der Waals surface area contributed by atoms with E-state index in [1.165, 1.54) is 0 Å². The first-order chi connectivity index (χ1) is 9.17. The Hall–Kier alpha value is -0.690. The third-order valence-corrected chi connectivity index (χ3v) is 3.19. The topological polar surface area (TPSA) is 71.0 Å². The fraction of sp³-hybridized carbons (Fsp3) is 0.923. The number of hydrogen-bond donors (Lipinski definition) is 2. The summed E-state index contributed by atoms with van der Waals surface area (Å²) in [7, 11) is 3.33. The number of rotatable bonds is 12. The van der Waals surface area contributed by atoms with E-state index in [1.54, 1.807) is 14.2 Å². The summed E-state index contributed by atoms with van der Waals surface area (Å²) in [6.07, 6.45) is 3.08. The molecule has 6 heteroatoms. The Morgan fingerprint density at radius 2 is 2.00 bits per heavy atom. The fourth-order valence-electron chi connectivity index (χ4n) is 1.94. The van der Waals surface area contributed by atoms with Crippen LogP contribution in [0.5, 0.6) is 0 Å². The Morgan fingerprint density at radius 3 is 2.53 bits per heavy atom. The molecule has 0 spiro atoms. The first kappa shape index (κ1) is 16.4. The SMILES string of the molecule is COCCCN(CCOC)CC(NC1CC1)C(=O)O. The van der Waals surface area contributed by atoms with Gasteiger partial charge in [-0.25, -0.2) is 0 Å². The molecule has 1 aliphatic carbocycles. The van der Waals surface area contributed by atoms with Gasteiger partial charge in [0, 0.05) is 46.5 Å². The van der Waals surface area contributed by atoms with Crippen molar-refractivity contribution in [2.45, 2.75) is 31.3 Å². The van der Waals surface area contributed by atoms with Gasteiger partial charge in [-0.15, -0.1) is 0 Å². The first-order valence-electron chi connectivity index (χ1n) is 6.86. The molecule has 0 saturated heterocycles. The van der Waals surface area contributed by atoms with Gasteiger partial charge in [0.15, 0.2) is 0 Å². The molecule has 0 bridgehead atoms. The normalized spacial score (nSPS) is 16.8. The van der Waals surface area contributed by atoms with E-state index in [4.69, 9.17) is 9.47 Å². The molecule has 1 saturated carbocycles. The van der Waals surface area contributed by atoms with Crippen molar-refractivity contribution in [3.8, 4) is 0 Å². The summed E-state index contributed by atoms with van der Waals surface area (Å²) < 4.78 is 10.1. The number of carboxylic acids is 1. The van der Waals surface area contributed by atoms with Gasteiger partial charge in [0.1, 0.15) is 6.04 Å². The Labute approximate surface area is 115 Å². The number of methoxy groups -OCH3 is 2. The van der Waals surface area contributed by atoms with Gasteiger partial charge in [0.05, 0.1) is 6.61 Å². The Bertz CT molecular complexity index is 259. The molecule has 112 valence electrons. The van der Waals surface area contributed by atoms with Crippen LogP contribution in [0.1, 0.15) is 19.3 Å². The van der Waals surface area contributed by atoms with Crippen LogP contribution >= 0.6 is 0 Å². The van der Waals surface area contributed by atoms with Crippen molar-refractivity contribution in [3.63, 3.8) is 0 Å². The average Bonchev–Trinajstić information content (AvgIpc) is 3.18. The van der Waals surface area contributed by atoms with Crippen molar-refractivity contribution in [1.29, 1.82) is 0 Å². The molecule has 0 aromatic carbocycles. The second kappa shape index (κ2) is 9.25.